The first-order valence-electron chi connectivity index (χ1n) is 37.1. The predicted octanol–water partition coefficient (Wildman–Crippen LogP) is 10.9. The minimum Gasteiger partial charge on any atom is -0.493 e. The molecule has 5 aromatic carbocycles. The number of carbonyl (C=O) groups is 9. The van der Waals surface area contributed by atoms with Crippen molar-refractivity contribution >= 4 is 64.4 Å². The Hall–Kier alpha value is -9.97. The third-order valence-electron chi connectivity index (χ3n) is 22.3. The van der Waals surface area contributed by atoms with Gasteiger partial charge in [-0.05, 0) is 155 Å². The molecule has 6 heterocycles. The molecule has 2 aliphatic carbocycles. The van der Waals surface area contributed by atoms with Gasteiger partial charge in [0.05, 0.1) is 75.2 Å². The molecule has 24 nitrogen and oxygen atoms in total. The van der Waals surface area contributed by atoms with E-state index in [0.29, 0.717) is 77.4 Å². The highest BCUT2D eigenvalue weighted by atomic mass is 16.6. The van der Waals surface area contributed by atoms with Gasteiger partial charge in [0.15, 0.2) is 40.8 Å². The van der Waals surface area contributed by atoms with Crippen molar-refractivity contribution in [3.8, 4) is 45.5 Å². The average Bonchev–Trinajstić information content (AvgIpc) is 1.59. The summed E-state index contributed by atoms with van der Waals surface area (Å²) in [6, 6.07) is 27.8. The summed E-state index contributed by atoms with van der Waals surface area (Å²) in [5, 5.41) is 26.6. The Morgan fingerprint density at radius 3 is 1.99 bits per heavy atom. The number of aryl methyl sites for hydroxylation is 1. The van der Waals surface area contributed by atoms with Gasteiger partial charge < -0.3 is 54.1 Å². The summed E-state index contributed by atoms with van der Waals surface area (Å²) in [6.45, 7) is 10.9. The number of aliphatic hydroxyl groups excluding tert-OH is 1. The number of anilines is 2. The lowest BCUT2D eigenvalue weighted by atomic mass is 9.89. The maximum atomic E-state index is 14.5. The third-order valence-corrected chi connectivity index (χ3v) is 22.3. The molecule has 24 heteroatoms. The van der Waals surface area contributed by atoms with Crippen LogP contribution in [-0.4, -0.2) is 154 Å². The first-order valence-corrected chi connectivity index (χ1v) is 37.1. The molecule has 6 amide bonds. The maximum absolute atomic E-state index is 14.5. The maximum Gasteiger partial charge on any atom is 0.416 e. The lowest BCUT2D eigenvalue weighted by molar-refractivity contribution is -0.133. The van der Waals surface area contributed by atoms with E-state index in [2.05, 4.69) is 25.8 Å². The lowest BCUT2D eigenvalue weighted by Crippen LogP contribution is -2.50. The van der Waals surface area contributed by atoms with Crippen molar-refractivity contribution in [2.75, 3.05) is 56.9 Å². The molecule has 3 N–H and O–H groups in total. The summed E-state index contributed by atoms with van der Waals surface area (Å²) < 4.78 is 31.9. The Morgan fingerprint density at radius 1 is 0.657 bits per heavy atom. The second-order valence-electron chi connectivity index (χ2n) is 30.4. The van der Waals surface area contributed by atoms with Crippen molar-refractivity contribution in [2.45, 2.75) is 187 Å². The molecule has 2 saturated heterocycles. The Morgan fingerprint density at radius 2 is 1.30 bits per heavy atom. The second-order valence-corrected chi connectivity index (χ2v) is 30.4. The van der Waals surface area contributed by atoms with Gasteiger partial charge in [0, 0.05) is 92.4 Å². The van der Waals surface area contributed by atoms with E-state index in [9.17, 15) is 48.3 Å². The van der Waals surface area contributed by atoms with Crippen LogP contribution in [0.5, 0.6) is 23.0 Å². The summed E-state index contributed by atoms with van der Waals surface area (Å²) >= 11 is 0. The summed E-state index contributed by atoms with van der Waals surface area (Å²) in [7, 11) is 3.07. The fraction of sp³-hybridized carbons (Fsp3) is 0.494. The van der Waals surface area contributed by atoms with E-state index in [-0.39, 0.29) is 140 Å². The lowest BCUT2D eigenvalue weighted by Gasteiger charge is -2.31. The van der Waals surface area contributed by atoms with Gasteiger partial charge in [-0.25, -0.2) is 14.4 Å². The number of amides is 6. The Labute approximate surface area is 611 Å². The third kappa shape index (κ3) is 15.9. The minimum absolute atomic E-state index is 0.0339. The zero-order valence-corrected chi connectivity index (χ0v) is 61.0. The monoisotopic (exact) mass is 1430 g/mol. The van der Waals surface area contributed by atoms with Gasteiger partial charge >= 0.3 is 6.09 Å². The fourth-order valence-corrected chi connectivity index (χ4v) is 15.8. The molecule has 0 unspecified atom stereocenters. The summed E-state index contributed by atoms with van der Waals surface area (Å²) in [6.07, 6.45) is 6.56. The van der Waals surface area contributed by atoms with Crippen molar-refractivity contribution in [1.29, 1.82) is 0 Å². The van der Waals surface area contributed by atoms with Gasteiger partial charge in [-0.2, -0.15) is 0 Å². The Bertz CT molecular complexity index is 4350. The first-order chi connectivity index (χ1) is 50.5. The molecule has 5 atom stereocenters. The number of rotatable bonds is 29. The molecule has 6 aromatic rings. The van der Waals surface area contributed by atoms with Gasteiger partial charge in [-0.1, -0.05) is 85.8 Å². The predicted molar refractivity (Wildman–Crippen MR) is 390 cm³/mol. The number of nitrogens with zero attached hydrogens (tertiary/aromatic N) is 7. The first kappa shape index (κ1) is 73.3. The van der Waals surface area contributed by atoms with E-state index in [1.165, 1.54) is 20.0 Å². The normalized spacial score (nSPS) is 18.9. The zero-order chi connectivity index (χ0) is 74.0. The molecule has 2 saturated carbocycles. The number of unbranched alkanes of at least 4 members (excludes halogenated alkanes) is 2. The van der Waals surface area contributed by atoms with Crippen LogP contribution in [0.15, 0.2) is 97.1 Å². The number of hydrogen-bond acceptors (Lipinski definition) is 17. The van der Waals surface area contributed by atoms with E-state index in [1.54, 1.807) is 74.1 Å². The van der Waals surface area contributed by atoms with Crippen LogP contribution in [0.4, 0.5) is 16.2 Å². The van der Waals surface area contributed by atoms with Crippen LogP contribution in [0.2, 0.25) is 0 Å². The van der Waals surface area contributed by atoms with Crippen molar-refractivity contribution in [2.24, 2.45) is 22.7 Å². The van der Waals surface area contributed by atoms with Crippen molar-refractivity contribution in [1.82, 2.24) is 35.4 Å². The van der Waals surface area contributed by atoms with E-state index < -0.39 is 47.9 Å². The molecule has 554 valence electrons. The van der Waals surface area contributed by atoms with Crippen LogP contribution in [-0.2, 0) is 59.5 Å². The van der Waals surface area contributed by atoms with Crippen LogP contribution in [0.3, 0.4) is 0 Å². The number of aromatic nitrogens is 3. The number of methoxy groups -OCH3 is 2. The largest absolute Gasteiger partial charge is 0.493 e. The number of aliphatic hydroxyl groups is 1. The summed E-state index contributed by atoms with van der Waals surface area (Å²) in [4.78, 5) is 130. The van der Waals surface area contributed by atoms with E-state index >= 15 is 0 Å². The molecule has 105 heavy (non-hydrogen) atoms. The number of ketones is 3. The zero-order valence-electron chi connectivity index (χ0n) is 61.0. The summed E-state index contributed by atoms with van der Waals surface area (Å²) in [5.74, 6) is -1.94. The molecule has 4 fully saturated rings. The van der Waals surface area contributed by atoms with Crippen LogP contribution >= 0.6 is 0 Å². The van der Waals surface area contributed by atoms with Crippen LogP contribution in [0.1, 0.15) is 180 Å². The van der Waals surface area contributed by atoms with Crippen LogP contribution in [0.25, 0.3) is 22.5 Å². The highest BCUT2D eigenvalue weighted by molar-refractivity contribution is 6.06. The van der Waals surface area contributed by atoms with Gasteiger partial charge in [0.2, 0.25) is 17.7 Å². The van der Waals surface area contributed by atoms with E-state index in [0.717, 1.165) is 77.9 Å². The minimum atomic E-state index is -1.45. The molecule has 13 rings (SSSR count). The molecule has 1 aromatic heterocycles. The van der Waals surface area contributed by atoms with Crippen molar-refractivity contribution in [3.05, 3.63) is 130 Å². The van der Waals surface area contributed by atoms with Crippen molar-refractivity contribution < 1.29 is 71.9 Å². The molecule has 7 aliphatic rings. The van der Waals surface area contributed by atoms with Crippen molar-refractivity contribution in [3.63, 3.8) is 0 Å². The highest BCUT2D eigenvalue weighted by Crippen LogP contribution is 2.58. The molecular weight excluding hydrogens is 1340 g/mol. The number of para-hydroxylation sites is 1. The number of Topliss-reactive ketones (excluding diaryl/α,β-unsaturated/α-hetero) is 3. The molecule has 5 aliphatic heterocycles. The standard InChI is InChI=1S/C81H95N9O15/c1-48(2)60(37-57(92)43-82-71(94)27-25-56(91)26-28-72(95)86-44-54-15-9-10-16-58(54)74-73(84-85-90(74)49(3)4)59-17-11-12-18-63(59)86)75(96)83-50(5)66(93)35-51-19-21-52(22-20-51)45-105-79(100)89-64-40-70(68(102-7)39-62(64)77(98)88-47-81(31-32-81)42-65(88)78(89)99)104-34-14-8-13-33-103-69-36-53-23-24-55-41-80(29-30-80)46-87(55)76(97)61(53)38-67(69)101-6/h9-12,15-22,36,38-40,48-50,55,60,65,78,99H,8,13-14,23-35,37,41-47H2,1-7H3,(H,82,94)(H,83,96)/t50-,55+,60-,65-,78-/m0/s1. The number of ether oxygens (including phenoxy) is 5. The Kier molecular flexibility index (Phi) is 21.7. The molecular formula is C81H95N9O15. The fourth-order valence-electron chi connectivity index (χ4n) is 15.8. The smallest absolute Gasteiger partial charge is 0.416 e. The van der Waals surface area contributed by atoms with E-state index in [4.69, 9.17) is 23.7 Å². The average molecular weight is 1430 g/mol. The van der Waals surface area contributed by atoms with Gasteiger partial charge in [0.1, 0.15) is 18.1 Å². The number of carbonyl (C=O) groups excluding carboxylic acids is 9. The number of benzene rings is 5. The Balaban J connectivity index is 0.555. The number of hydrogen-bond donors (Lipinski definition) is 3. The van der Waals surface area contributed by atoms with Gasteiger partial charge in [0.25, 0.3) is 11.8 Å². The topological polar surface area (TPSA) is 288 Å². The van der Waals surface area contributed by atoms with Crippen LogP contribution < -0.4 is 39.4 Å². The quantitative estimate of drug-likeness (QED) is 0.0368. The number of fused-ring (bicyclic) bond motifs is 9. The SMILES string of the molecule is COc1cc2c(cc1OCCCCCOc1cc3c(cc1OC)C(=O)N1CC4(CC4)C[C@H]1[C@H](O)N3C(=O)OCc1ccc(CC(=O)[C@H](C)NC(=O)[C@@H](CC(=O)CNC(=O)CCC(=O)CCC(=O)N3Cc4ccccc4-c4c(nnn4C(C)C)-c4ccccc43)C(C)C)cc1)CC[C@@H]1CC3(CC3)CN1C2=O. The number of nitrogens with one attached hydrogen (secondary N) is 2. The van der Waals surface area contributed by atoms with Gasteiger partial charge in [-0.3, -0.25) is 38.4 Å². The van der Waals surface area contributed by atoms with Crippen LogP contribution in [0, 0.1) is 22.7 Å². The molecule has 2 spiro atoms. The molecule has 0 radical (unpaired) electrons. The van der Waals surface area contributed by atoms with Gasteiger partial charge in [-0.15, -0.1) is 5.10 Å². The molecule has 0 bridgehead atoms. The van der Waals surface area contributed by atoms with E-state index in [1.807, 2.05) is 79.2 Å². The summed E-state index contributed by atoms with van der Waals surface area (Å²) in [5.41, 5.74) is 8.12. The second kappa shape index (κ2) is 31.0. The highest BCUT2D eigenvalue weighted by Gasteiger charge is 2.58.